The summed E-state index contributed by atoms with van der Waals surface area (Å²) in [5.41, 5.74) is 9.91. The lowest BCUT2D eigenvalue weighted by atomic mass is 10.0. The van der Waals surface area contributed by atoms with Crippen molar-refractivity contribution in [2.45, 2.75) is 50.2 Å². The van der Waals surface area contributed by atoms with E-state index < -0.39 is 41.8 Å². The molecule has 3 aromatic carbocycles. The van der Waals surface area contributed by atoms with Crippen molar-refractivity contribution in [2.75, 3.05) is 13.7 Å². The van der Waals surface area contributed by atoms with Crippen LogP contribution in [0.25, 0.3) is 10.9 Å². The van der Waals surface area contributed by atoms with Gasteiger partial charge >= 0.3 is 5.97 Å². The van der Waals surface area contributed by atoms with E-state index in [-0.39, 0.29) is 32.2 Å². The molecule has 0 aliphatic heterocycles. The Labute approximate surface area is 261 Å². The Balaban J connectivity index is 1.48. The first-order valence-corrected chi connectivity index (χ1v) is 14.8. The van der Waals surface area contributed by atoms with Gasteiger partial charge in [0.1, 0.15) is 11.8 Å². The molecule has 1 heterocycles. The summed E-state index contributed by atoms with van der Waals surface area (Å²) in [6.07, 6.45) is 2.21. The molecule has 45 heavy (non-hydrogen) atoms. The number of para-hydroxylation sites is 1. The number of methoxy groups -OCH3 is 1. The van der Waals surface area contributed by atoms with Crippen molar-refractivity contribution in [1.29, 1.82) is 0 Å². The van der Waals surface area contributed by atoms with Gasteiger partial charge in [-0.15, -0.1) is 0 Å². The van der Waals surface area contributed by atoms with Crippen molar-refractivity contribution in [3.05, 3.63) is 102 Å². The number of hydrogen-bond acceptors (Lipinski definition) is 6. The molecule has 0 unspecified atom stereocenters. The fourth-order valence-electron chi connectivity index (χ4n) is 5.04. The van der Waals surface area contributed by atoms with E-state index >= 15 is 0 Å². The zero-order chi connectivity index (χ0) is 32.2. The number of nitrogens with one attached hydrogen (secondary N) is 4. The molecule has 4 rings (SSSR count). The fourth-order valence-corrected chi connectivity index (χ4v) is 5.04. The van der Waals surface area contributed by atoms with Crippen LogP contribution in [0.1, 0.15) is 29.5 Å². The largest absolute Gasteiger partial charge is 0.497 e. The number of H-pyrrole nitrogens is 1. The molecule has 0 fully saturated rings. The number of carbonyl (C=O) groups excluding carboxylic acids is 3. The standard InChI is InChI=1S/C34H39N5O6/c1-45-26-13-11-23(12-14-26)17-25(21-37-31(40)15-16-32(41)42)38-34(44)30(18-22-7-3-2-4-8-22)39-33(43)28(35)19-24-20-36-29-10-6-5-9-27(24)29/h2-14,20,25,28,30,36H,15-19,21,35H2,1H3,(H,37,40)(H,38,44)(H,39,43)(H,41,42)/t25-,28+,30+/m1/s1. The van der Waals surface area contributed by atoms with E-state index in [0.717, 1.165) is 27.6 Å². The second kappa shape index (κ2) is 16.1. The Hall–Kier alpha value is -5.16. The van der Waals surface area contributed by atoms with Gasteiger partial charge in [-0.25, -0.2) is 0 Å². The van der Waals surface area contributed by atoms with Crippen molar-refractivity contribution in [3.63, 3.8) is 0 Å². The third kappa shape index (κ3) is 9.94. The number of benzene rings is 3. The number of fused-ring (bicyclic) bond motifs is 1. The molecule has 4 aromatic rings. The van der Waals surface area contributed by atoms with Gasteiger partial charge in [-0.05, 0) is 47.7 Å². The van der Waals surface area contributed by atoms with Gasteiger partial charge in [0.05, 0.1) is 25.6 Å². The van der Waals surface area contributed by atoms with Gasteiger partial charge in [0.25, 0.3) is 0 Å². The number of aromatic amines is 1. The molecule has 236 valence electrons. The summed E-state index contributed by atoms with van der Waals surface area (Å²) in [4.78, 5) is 53.5. The molecule has 11 nitrogen and oxygen atoms in total. The average Bonchev–Trinajstić information content (AvgIpc) is 3.45. The zero-order valence-electron chi connectivity index (χ0n) is 25.1. The lowest BCUT2D eigenvalue weighted by Crippen LogP contribution is -2.56. The Morgan fingerprint density at radius 2 is 1.51 bits per heavy atom. The molecular formula is C34H39N5O6. The monoisotopic (exact) mass is 613 g/mol. The van der Waals surface area contributed by atoms with Crippen molar-refractivity contribution >= 4 is 34.6 Å². The minimum Gasteiger partial charge on any atom is -0.497 e. The first-order valence-electron chi connectivity index (χ1n) is 14.8. The molecule has 0 bridgehead atoms. The van der Waals surface area contributed by atoms with Crippen molar-refractivity contribution in [3.8, 4) is 5.75 Å². The number of rotatable bonds is 16. The van der Waals surface area contributed by atoms with Crippen LogP contribution in [0.5, 0.6) is 5.75 Å². The topological polar surface area (TPSA) is 176 Å². The predicted molar refractivity (Wildman–Crippen MR) is 171 cm³/mol. The SMILES string of the molecule is COc1ccc(C[C@H](CNC(=O)CCC(=O)O)NC(=O)[C@H](Cc2ccccc2)NC(=O)[C@@H](N)Cc2c[nH]c3ccccc23)cc1. The summed E-state index contributed by atoms with van der Waals surface area (Å²) in [5.74, 6) is -1.75. The molecule has 0 saturated carbocycles. The summed E-state index contributed by atoms with van der Waals surface area (Å²) < 4.78 is 5.24. The summed E-state index contributed by atoms with van der Waals surface area (Å²) in [6, 6.07) is 22.0. The highest BCUT2D eigenvalue weighted by atomic mass is 16.5. The van der Waals surface area contributed by atoms with Crippen molar-refractivity contribution in [1.82, 2.24) is 20.9 Å². The van der Waals surface area contributed by atoms with Gasteiger partial charge in [0.2, 0.25) is 17.7 Å². The number of hydrogen-bond donors (Lipinski definition) is 6. The van der Waals surface area contributed by atoms with Gasteiger partial charge < -0.3 is 36.5 Å². The molecule has 0 aliphatic rings. The van der Waals surface area contributed by atoms with E-state index in [9.17, 15) is 19.2 Å². The van der Waals surface area contributed by atoms with Crippen LogP contribution in [-0.2, 0) is 38.4 Å². The van der Waals surface area contributed by atoms with E-state index in [0.29, 0.717) is 12.2 Å². The number of amides is 3. The molecule has 11 heteroatoms. The van der Waals surface area contributed by atoms with Crippen molar-refractivity contribution < 1.29 is 29.0 Å². The maximum absolute atomic E-state index is 13.8. The Morgan fingerprint density at radius 3 is 2.22 bits per heavy atom. The van der Waals surface area contributed by atoms with Gasteiger partial charge in [-0.2, -0.15) is 0 Å². The number of ether oxygens (including phenoxy) is 1. The second-order valence-electron chi connectivity index (χ2n) is 10.9. The lowest BCUT2D eigenvalue weighted by Gasteiger charge is -2.25. The Bertz CT molecular complexity index is 1590. The summed E-state index contributed by atoms with van der Waals surface area (Å²) in [6.45, 7) is 0.0578. The highest BCUT2D eigenvalue weighted by Crippen LogP contribution is 2.19. The molecule has 3 atom stereocenters. The van der Waals surface area contributed by atoms with E-state index in [1.165, 1.54) is 0 Å². The minimum atomic E-state index is -1.07. The van der Waals surface area contributed by atoms with Crippen LogP contribution in [0, 0.1) is 0 Å². The van der Waals surface area contributed by atoms with Gasteiger partial charge in [0, 0.05) is 36.5 Å². The van der Waals surface area contributed by atoms with E-state index in [2.05, 4.69) is 20.9 Å². The highest BCUT2D eigenvalue weighted by Gasteiger charge is 2.27. The zero-order valence-corrected chi connectivity index (χ0v) is 25.1. The van der Waals surface area contributed by atoms with Crippen LogP contribution in [0.3, 0.4) is 0 Å². The Morgan fingerprint density at radius 1 is 0.822 bits per heavy atom. The van der Waals surface area contributed by atoms with Crippen LogP contribution in [0.2, 0.25) is 0 Å². The molecule has 7 N–H and O–H groups in total. The average molecular weight is 614 g/mol. The molecule has 0 radical (unpaired) electrons. The summed E-state index contributed by atoms with van der Waals surface area (Å²) in [7, 11) is 1.57. The molecule has 0 spiro atoms. The molecule has 1 aromatic heterocycles. The highest BCUT2D eigenvalue weighted by molar-refractivity contribution is 5.91. The van der Waals surface area contributed by atoms with Crippen LogP contribution in [-0.4, -0.2) is 65.6 Å². The molecule has 3 amide bonds. The third-order valence-corrected chi connectivity index (χ3v) is 7.47. The number of carboxylic acid groups (broad SMARTS) is 1. The fraction of sp³-hybridized carbons (Fsp3) is 0.294. The predicted octanol–water partition coefficient (Wildman–Crippen LogP) is 2.48. The number of carbonyl (C=O) groups is 4. The van der Waals surface area contributed by atoms with E-state index in [1.807, 2.05) is 72.9 Å². The van der Waals surface area contributed by atoms with Gasteiger partial charge in [-0.1, -0.05) is 60.7 Å². The molecule has 0 aliphatic carbocycles. The number of nitrogens with two attached hydrogens (primary N) is 1. The summed E-state index contributed by atoms with van der Waals surface area (Å²) in [5, 5.41) is 18.5. The smallest absolute Gasteiger partial charge is 0.303 e. The van der Waals surface area contributed by atoms with Crippen LogP contribution < -0.4 is 26.4 Å². The summed E-state index contributed by atoms with van der Waals surface area (Å²) >= 11 is 0. The maximum Gasteiger partial charge on any atom is 0.303 e. The minimum absolute atomic E-state index is 0.0578. The Kier molecular flexibility index (Phi) is 11.7. The van der Waals surface area contributed by atoms with Gasteiger partial charge in [-0.3, -0.25) is 19.2 Å². The van der Waals surface area contributed by atoms with E-state index in [4.69, 9.17) is 15.6 Å². The number of aromatic nitrogens is 1. The first kappa shape index (κ1) is 32.7. The maximum atomic E-state index is 13.8. The molecular weight excluding hydrogens is 574 g/mol. The van der Waals surface area contributed by atoms with Crippen LogP contribution in [0.15, 0.2) is 85.1 Å². The quantitative estimate of drug-likeness (QED) is 0.113. The van der Waals surface area contributed by atoms with Crippen LogP contribution in [0.4, 0.5) is 0 Å². The number of carboxylic acids is 1. The third-order valence-electron chi connectivity index (χ3n) is 7.47. The van der Waals surface area contributed by atoms with E-state index in [1.54, 1.807) is 19.2 Å². The van der Waals surface area contributed by atoms with Crippen molar-refractivity contribution in [2.24, 2.45) is 5.73 Å². The van der Waals surface area contributed by atoms with Gasteiger partial charge in [0.15, 0.2) is 0 Å². The van der Waals surface area contributed by atoms with Crippen LogP contribution >= 0.6 is 0 Å². The number of aliphatic carboxylic acids is 1. The second-order valence-corrected chi connectivity index (χ2v) is 10.9. The normalized spacial score (nSPS) is 12.9. The lowest BCUT2D eigenvalue weighted by molar-refractivity contribution is -0.138. The molecule has 0 saturated heterocycles. The first-order chi connectivity index (χ1) is 21.7.